The molecule has 0 unspecified atom stereocenters. The fourth-order valence-corrected chi connectivity index (χ4v) is 1.51. The second kappa shape index (κ2) is 6.88. The molecule has 0 bridgehead atoms. The summed E-state index contributed by atoms with van der Waals surface area (Å²) in [6.07, 6.45) is 4.52. The highest BCUT2D eigenvalue weighted by Gasteiger charge is 2.08. The maximum absolute atomic E-state index is 11.6. The number of benzene rings is 1. The molecule has 88 valence electrons. The van der Waals surface area contributed by atoms with Gasteiger partial charge in [-0.15, -0.1) is 0 Å². The van der Waals surface area contributed by atoms with Crippen molar-refractivity contribution in [2.45, 2.75) is 32.6 Å². The van der Waals surface area contributed by atoms with Crippen molar-refractivity contribution in [1.29, 1.82) is 0 Å². The molecule has 0 aliphatic heterocycles. The average Bonchev–Trinajstić information content (AvgIpc) is 2.29. The van der Waals surface area contributed by atoms with Gasteiger partial charge in [0.1, 0.15) is 5.75 Å². The number of phenols is 1. The van der Waals surface area contributed by atoms with Crippen molar-refractivity contribution in [3.63, 3.8) is 0 Å². The van der Waals surface area contributed by atoms with Crippen LogP contribution in [0.2, 0.25) is 0 Å². The van der Waals surface area contributed by atoms with E-state index in [2.05, 4.69) is 12.2 Å². The Labute approximate surface area is 96.5 Å². The van der Waals surface area contributed by atoms with Crippen LogP contribution in [0.3, 0.4) is 0 Å². The highest BCUT2D eigenvalue weighted by atomic mass is 16.3. The Kier molecular flexibility index (Phi) is 5.40. The minimum atomic E-state index is -0.199. The van der Waals surface area contributed by atoms with Crippen LogP contribution in [-0.2, 0) is 0 Å². The summed E-state index contributed by atoms with van der Waals surface area (Å²) in [5.74, 6) is -0.164. The average molecular weight is 221 g/mol. The van der Waals surface area contributed by atoms with Gasteiger partial charge < -0.3 is 10.4 Å². The normalized spacial score (nSPS) is 10.1. The topological polar surface area (TPSA) is 49.3 Å². The second-order valence-electron chi connectivity index (χ2n) is 3.83. The van der Waals surface area contributed by atoms with E-state index in [-0.39, 0.29) is 11.7 Å². The second-order valence-corrected chi connectivity index (χ2v) is 3.83. The van der Waals surface area contributed by atoms with Crippen LogP contribution in [-0.4, -0.2) is 17.6 Å². The lowest BCUT2D eigenvalue weighted by atomic mass is 10.1. The van der Waals surface area contributed by atoms with Crippen LogP contribution < -0.4 is 5.32 Å². The molecule has 1 aromatic rings. The Bertz CT molecular complexity index is 336. The Balaban J connectivity index is 2.33. The maximum atomic E-state index is 11.6. The summed E-state index contributed by atoms with van der Waals surface area (Å²) in [5, 5.41) is 12.3. The number of phenolic OH excluding ortho intramolecular Hbond substituents is 1. The molecule has 0 radical (unpaired) electrons. The van der Waals surface area contributed by atoms with Gasteiger partial charge in [-0.2, -0.15) is 0 Å². The predicted octanol–water partition coefficient (Wildman–Crippen LogP) is 2.70. The summed E-state index contributed by atoms with van der Waals surface area (Å²) in [4.78, 5) is 11.6. The fraction of sp³-hybridized carbons (Fsp3) is 0.462. The van der Waals surface area contributed by atoms with E-state index in [1.165, 1.54) is 18.9 Å². The van der Waals surface area contributed by atoms with Crippen LogP contribution in [0.25, 0.3) is 0 Å². The molecule has 0 aliphatic rings. The summed E-state index contributed by atoms with van der Waals surface area (Å²) in [5.41, 5.74) is 0.345. The number of nitrogens with one attached hydrogen (secondary N) is 1. The molecule has 1 aromatic carbocycles. The molecule has 0 heterocycles. The van der Waals surface area contributed by atoms with Gasteiger partial charge in [0.15, 0.2) is 0 Å². The highest BCUT2D eigenvalue weighted by Crippen LogP contribution is 2.14. The number of amides is 1. The first-order valence-electron chi connectivity index (χ1n) is 5.82. The van der Waals surface area contributed by atoms with Crippen molar-refractivity contribution in [3.05, 3.63) is 29.8 Å². The van der Waals surface area contributed by atoms with Crippen LogP contribution >= 0.6 is 0 Å². The van der Waals surface area contributed by atoms with E-state index in [0.717, 1.165) is 12.8 Å². The van der Waals surface area contributed by atoms with E-state index in [1.54, 1.807) is 18.2 Å². The first kappa shape index (κ1) is 12.6. The molecule has 0 saturated heterocycles. The zero-order valence-corrected chi connectivity index (χ0v) is 9.70. The van der Waals surface area contributed by atoms with E-state index >= 15 is 0 Å². The molecule has 16 heavy (non-hydrogen) atoms. The van der Waals surface area contributed by atoms with Gasteiger partial charge in [-0.3, -0.25) is 4.79 Å². The summed E-state index contributed by atoms with van der Waals surface area (Å²) in [6.45, 7) is 2.83. The van der Waals surface area contributed by atoms with Crippen LogP contribution in [0.4, 0.5) is 0 Å². The minimum Gasteiger partial charge on any atom is -0.507 e. The molecule has 3 nitrogen and oxygen atoms in total. The molecule has 3 heteroatoms. The lowest BCUT2D eigenvalue weighted by Gasteiger charge is -2.06. The van der Waals surface area contributed by atoms with Crippen LogP contribution in [0.5, 0.6) is 5.75 Å². The summed E-state index contributed by atoms with van der Waals surface area (Å²) < 4.78 is 0. The molecule has 2 N–H and O–H groups in total. The summed E-state index contributed by atoms with van der Waals surface area (Å²) in [7, 11) is 0. The van der Waals surface area contributed by atoms with E-state index in [1.807, 2.05) is 0 Å². The molecular formula is C13H19NO2. The molecule has 1 rings (SSSR count). The molecule has 0 spiro atoms. The number of hydrogen-bond acceptors (Lipinski definition) is 2. The zero-order valence-electron chi connectivity index (χ0n) is 9.70. The fourth-order valence-electron chi connectivity index (χ4n) is 1.51. The smallest absolute Gasteiger partial charge is 0.255 e. The minimum absolute atomic E-state index is 0.0357. The number of para-hydroxylation sites is 1. The number of carbonyl (C=O) groups is 1. The number of unbranched alkanes of at least 4 members (excludes halogenated alkanes) is 3. The number of aromatic hydroxyl groups is 1. The number of carbonyl (C=O) groups excluding carboxylic acids is 1. The summed E-state index contributed by atoms with van der Waals surface area (Å²) >= 11 is 0. The van der Waals surface area contributed by atoms with Gasteiger partial charge in [-0.25, -0.2) is 0 Å². The first-order valence-corrected chi connectivity index (χ1v) is 5.82. The predicted molar refractivity (Wildman–Crippen MR) is 64.6 cm³/mol. The van der Waals surface area contributed by atoms with Gasteiger partial charge >= 0.3 is 0 Å². The molecule has 1 amide bonds. The van der Waals surface area contributed by atoms with E-state index < -0.39 is 0 Å². The SMILES string of the molecule is CCCCCCNC(=O)c1ccccc1O. The standard InChI is InChI=1S/C13H19NO2/c1-2-3-4-7-10-14-13(16)11-8-5-6-9-12(11)15/h5-6,8-9,15H,2-4,7,10H2,1H3,(H,14,16). The van der Waals surface area contributed by atoms with Crippen molar-refractivity contribution >= 4 is 5.91 Å². The maximum Gasteiger partial charge on any atom is 0.255 e. The van der Waals surface area contributed by atoms with Crippen molar-refractivity contribution in [3.8, 4) is 5.75 Å². The van der Waals surface area contributed by atoms with Crippen LogP contribution in [0, 0.1) is 0 Å². The molecule has 0 aliphatic carbocycles. The van der Waals surface area contributed by atoms with Crippen molar-refractivity contribution in [1.82, 2.24) is 5.32 Å². The Morgan fingerprint density at radius 3 is 2.69 bits per heavy atom. The van der Waals surface area contributed by atoms with Gasteiger partial charge in [0, 0.05) is 6.54 Å². The van der Waals surface area contributed by atoms with Gasteiger partial charge in [-0.1, -0.05) is 38.3 Å². The number of rotatable bonds is 6. The van der Waals surface area contributed by atoms with Crippen molar-refractivity contribution < 1.29 is 9.90 Å². The van der Waals surface area contributed by atoms with Gasteiger partial charge in [0.2, 0.25) is 0 Å². The van der Waals surface area contributed by atoms with Gasteiger partial charge in [-0.05, 0) is 18.6 Å². The third-order valence-electron chi connectivity index (χ3n) is 2.46. The Hall–Kier alpha value is -1.51. The lowest BCUT2D eigenvalue weighted by Crippen LogP contribution is -2.24. The van der Waals surface area contributed by atoms with Crippen LogP contribution in [0.15, 0.2) is 24.3 Å². The molecule has 0 saturated carbocycles. The van der Waals surface area contributed by atoms with Crippen LogP contribution in [0.1, 0.15) is 43.0 Å². The molecular weight excluding hydrogens is 202 g/mol. The number of hydrogen-bond donors (Lipinski definition) is 2. The monoisotopic (exact) mass is 221 g/mol. The van der Waals surface area contributed by atoms with E-state index in [0.29, 0.717) is 12.1 Å². The first-order chi connectivity index (χ1) is 7.75. The molecule has 0 fully saturated rings. The third kappa shape index (κ3) is 3.93. The zero-order chi connectivity index (χ0) is 11.8. The quantitative estimate of drug-likeness (QED) is 0.726. The Morgan fingerprint density at radius 1 is 1.25 bits per heavy atom. The van der Waals surface area contributed by atoms with Gasteiger partial charge in [0.05, 0.1) is 5.56 Å². The Morgan fingerprint density at radius 2 is 2.00 bits per heavy atom. The molecule has 0 aromatic heterocycles. The highest BCUT2D eigenvalue weighted by molar-refractivity contribution is 5.96. The third-order valence-corrected chi connectivity index (χ3v) is 2.46. The van der Waals surface area contributed by atoms with Gasteiger partial charge in [0.25, 0.3) is 5.91 Å². The molecule has 0 atom stereocenters. The largest absolute Gasteiger partial charge is 0.507 e. The van der Waals surface area contributed by atoms with E-state index in [4.69, 9.17) is 0 Å². The van der Waals surface area contributed by atoms with Crippen molar-refractivity contribution in [2.24, 2.45) is 0 Å². The van der Waals surface area contributed by atoms with E-state index in [9.17, 15) is 9.90 Å². The lowest BCUT2D eigenvalue weighted by molar-refractivity contribution is 0.0950. The summed E-state index contributed by atoms with van der Waals surface area (Å²) in [6, 6.07) is 6.59. The van der Waals surface area contributed by atoms with Crippen molar-refractivity contribution in [2.75, 3.05) is 6.54 Å².